The zero-order valence-corrected chi connectivity index (χ0v) is 23.6. The minimum absolute atomic E-state index is 0.126. The Morgan fingerprint density at radius 2 is 1.00 bits per heavy atom. The van der Waals surface area contributed by atoms with E-state index in [0.29, 0.717) is 5.92 Å². The molecule has 1 aliphatic carbocycles. The first-order valence-electron chi connectivity index (χ1n) is 15.9. The van der Waals surface area contributed by atoms with Crippen LogP contribution in [0.1, 0.15) is 175 Å². The summed E-state index contributed by atoms with van der Waals surface area (Å²) < 4.78 is 0. The molecule has 1 fully saturated rings. The Labute approximate surface area is 214 Å². The highest BCUT2D eigenvalue weighted by molar-refractivity contribution is 5.70. The number of unbranched alkanes of at least 4 members (excludes halogenated alkanes) is 15. The van der Waals surface area contributed by atoms with Gasteiger partial charge in [0.2, 0.25) is 0 Å². The molecule has 0 saturated heterocycles. The highest BCUT2D eigenvalue weighted by Crippen LogP contribution is 2.45. The predicted octanol–water partition coefficient (Wildman–Crippen LogP) is 11.0. The zero-order chi connectivity index (χ0) is 24.9. The van der Waals surface area contributed by atoms with Crippen molar-refractivity contribution in [3.8, 4) is 0 Å². The van der Waals surface area contributed by atoms with Crippen molar-refractivity contribution in [2.75, 3.05) is 0 Å². The van der Waals surface area contributed by atoms with Crippen LogP contribution < -0.4 is 0 Å². The minimum Gasteiger partial charge on any atom is -0.481 e. The van der Waals surface area contributed by atoms with Gasteiger partial charge in [-0.2, -0.15) is 0 Å². The lowest BCUT2D eigenvalue weighted by Gasteiger charge is -2.23. The molecule has 4 unspecified atom stereocenters. The molecule has 0 aliphatic heterocycles. The van der Waals surface area contributed by atoms with Crippen molar-refractivity contribution in [3.05, 3.63) is 0 Å². The maximum absolute atomic E-state index is 11.8. The van der Waals surface area contributed by atoms with Crippen LogP contribution in [0.15, 0.2) is 0 Å². The highest BCUT2D eigenvalue weighted by atomic mass is 16.4. The second-order valence-electron chi connectivity index (χ2n) is 11.7. The van der Waals surface area contributed by atoms with Crippen LogP contribution >= 0.6 is 0 Å². The van der Waals surface area contributed by atoms with Crippen molar-refractivity contribution < 1.29 is 9.90 Å². The first kappa shape index (κ1) is 31.5. The summed E-state index contributed by atoms with van der Waals surface area (Å²) in [6.45, 7) is 6.63. The summed E-state index contributed by atoms with van der Waals surface area (Å²) in [7, 11) is 0. The molecular formula is C32H62O2. The SMILES string of the molecule is CCCCCCCCCC(CCCCCCCC1CC1CCCCCCCC)C(CC)C(=O)O. The van der Waals surface area contributed by atoms with Gasteiger partial charge in [-0.3, -0.25) is 4.79 Å². The summed E-state index contributed by atoms with van der Waals surface area (Å²) in [5, 5.41) is 9.70. The van der Waals surface area contributed by atoms with Crippen LogP contribution in [0.4, 0.5) is 0 Å². The second-order valence-corrected chi connectivity index (χ2v) is 11.7. The Bertz CT molecular complexity index is 460. The van der Waals surface area contributed by atoms with Gasteiger partial charge in [0.1, 0.15) is 0 Å². The first-order chi connectivity index (χ1) is 16.6. The van der Waals surface area contributed by atoms with Gasteiger partial charge < -0.3 is 5.11 Å². The molecule has 0 heterocycles. The lowest BCUT2D eigenvalue weighted by atomic mass is 9.82. The lowest BCUT2D eigenvalue weighted by molar-refractivity contribution is -0.144. The molecule has 0 radical (unpaired) electrons. The molecule has 4 atom stereocenters. The molecule has 1 aliphatic rings. The van der Waals surface area contributed by atoms with Gasteiger partial charge in [0.25, 0.3) is 0 Å². The zero-order valence-electron chi connectivity index (χ0n) is 23.6. The Hall–Kier alpha value is -0.530. The van der Waals surface area contributed by atoms with Crippen molar-refractivity contribution in [2.24, 2.45) is 23.7 Å². The van der Waals surface area contributed by atoms with Crippen molar-refractivity contribution >= 4 is 5.97 Å². The van der Waals surface area contributed by atoms with Gasteiger partial charge in [0.05, 0.1) is 5.92 Å². The van der Waals surface area contributed by atoms with E-state index in [4.69, 9.17) is 0 Å². The van der Waals surface area contributed by atoms with E-state index >= 15 is 0 Å². The summed E-state index contributed by atoms with van der Waals surface area (Å²) in [5.41, 5.74) is 0. The average molecular weight is 479 g/mol. The maximum Gasteiger partial charge on any atom is 0.306 e. The summed E-state index contributed by atoms with van der Waals surface area (Å²) in [5.74, 6) is 1.84. The second kappa shape index (κ2) is 21.7. The topological polar surface area (TPSA) is 37.3 Å². The summed E-state index contributed by atoms with van der Waals surface area (Å²) in [6, 6.07) is 0. The molecule has 1 saturated carbocycles. The third-order valence-electron chi connectivity index (χ3n) is 8.65. The molecule has 0 aromatic heterocycles. The first-order valence-corrected chi connectivity index (χ1v) is 15.9. The number of aliphatic carboxylic acids is 1. The summed E-state index contributed by atoms with van der Waals surface area (Å²) in [6.07, 6.45) is 32.1. The van der Waals surface area contributed by atoms with Crippen LogP contribution in [0.2, 0.25) is 0 Å². The summed E-state index contributed by atoms with van der Waals surface area (Å²) in [4.78, 5) is 11.8. The van der Waals surface area contributed by atoms with E-state index in [1.807, 2.05) is 0 Å². The molecule has 2 heteroatoms. The van der Waals surface area contributed by atoms with E-state index in [9.17, 15) is 9.90 Å². The van der Waals surface area contributed by atoms with Crippen molar-refractivity contribution in [2.45, 2.75) is 175 Å². The van der Waals surface area contributed by atoms with Gasteiger partial charge in [0, 0.05) is 0 Å². The van der Waals surface area contributed by atoms with E-state index in [0.717, 1.165) is 31.1 Å². The van der Waals surface area contributed by atoms with Gasteiger partial charge in [-0.05, 0) is 43.4 Å². The van der Waals surface area contributed by atoms with E-state index < -0.39 is 5.97 Å². The Morgan fingerprint density at radius 1 is 0.618 bits per heavy atom. The van der Waals surface area contributed by atoms with Gasteiger partial charge >= 0.3 is 5.97 Å². The van der Waals surface area contributed by atoms with E-state index in [1.165, 1.54) is 135 Å². The van der Waals surface area contributed by atoms with Gasteiger partial charge in [-0.15, -0.1) is 0 Å². The Morgan fingerprint density at radius 3 is 1.38 bits per heavy atom. The quantitative estimate of drug-likeness (QED) is 0.125. The van der Waals surface area contributed by atoms with E-state index in [1.54, 1.807) is 0 Å². The van der Waals surface area contributed by atoms with Gasteiger partial charge in [-0.1, -0.05) is 149 Å². The number of carboxylic acids is 1. The number of carbonyl (C=O) groups is 1. The van der Waals surface area contributed by atoms with Crippen LogP contribution in [0.5, 0.6) is 0 Å². The van der Waals surface area contributed by atoms with Crippen LogP contribution in [-0.2, 0) is 4.79 Å². The smallest absolute Gasteiger partial charge is 0.306 e. The fourth-order valence-corrected chi connectivity index (χ4v) is 6.17. The van der Waals surface area contributed by atoms with Crippen molar-refractivity contribution in [1.82, 2.24) is 0 Å². The van der Waals surface area contributed by atoms with Gasteiger partial charge in [-0.25, -0.2) is 0 Å². The van der Waals surface area contributed by atoms with Gasteiger partial charge in [0.15, 0.2) is 0 Å². The molecule has 0 spiro atoms. The number of rotatable bonds is 26. The maximum atomic E-state index is 11.8. The molecule has 1 N–H and O–H groups in total. The van der Waals surface area contributed by atoms with Crippen molar-refractivity contribution in [1.29, 1.82) is 0 Å². The molecule has 0 amide bonds. The molecule has 202 valence electrons. The fourth-order valence-electron chi connectivity index (χ4n) is 6.17. The molecular weight excluding hydrogens is 416 g/mol. The Kier molecular flexibility index (Phi) is 20.1. The van der Waals surface area contributed by atoms with E-state index in [-0.39, 0.29) is 5.92 Å². The molecule has 34 heavy (non-hydrogen) atoms. The van der Waals surface area contributed by atoms with Crippen LogP contribution in [0, 0.1) is 23.7 Å². The molecule has 1 rings (SSSR count). The highest BCUT2D eigenvalue weighted by Gasteiger charge is 2.35. The van der Waals surface area contributed by atoms with Crippen LogP contribution in [0.3, 0.4) is 0 Å². The number of hydrogen-bond donors (Lipinski definition) is 1. The minimum atomic E-state index is -0.560. The molecule has 0 aromatic carbocycles. The normalized spacial score (nSPS) is 19.3. The third kappa shape index (κ3) is 16.2. The van der Waals surface area contributed by atoms with Crippen molar-refractivity contribution in [3.63, 3.8) is 0 Å². The lowest BCUT2D eigenvalue weighted by Crippen LogP contribution is -2.23. The standard InChI is InChI=1S/C32H62O2/c1-4-7-9-11-13-16-19-23-28(31(6-3)32(33)34)24-20-17-14-18-22-26-30-27-29(30)25-21-15-12-10-8-5-2/h28-31H,4-27H2,1-3H3,(H,33,34). The Balaban J connectivity index is 2.05. The monoisotopic (exact) mass is 478 g/mol. The average Bonchev–Trinajstić information content (AvgIpc) is 3.57. The number of hydrogen-bond acceptors (Lipinski definition) is 1. The largest absolute Gasteiger partial charge is 0.481 e. The fraction of sp³-hybridized carbons (Fsp3) is 0.969. The third-order valence-corrected chi connectivity index (χ3v) is 8.65. The molecule has 0 aromatic rings. The number of carboxylic acid groups (broad SMARTS) is 1. The van der Waals surface area contributed by atoms with E-state index in [2.05, 4.69) is 20.8 Å². The van der Waals surface area contributed by atoms with Crippen LogP contribution in [0.25, 0.3) is 0 Å². The predicted molar refractivity (Wildman–Crippen MR) is 149 cm³/mol. The van der Waals surface area contributed by atoms with Crippen LogP contribution in [-0.4, -0.2) is 11.1 Å². The molecule has 2 nitrogen and oxygen atoms in total. The molecule has 0 bridgehead atoms. The summed E-state index contributed by atoms with van der Waals surface area (Å²) >= 11 is 0.